The average molecular weight is 437 g/mol. The molecule has 1 aliphatic rings. The van der Waals surface area contributed by atoms with E-state index < -0.39 is 0 Å². The SMILES string of the molecule is O=C(Cn1ccc2ccccc21)Nc1cc(NCc2cn3cc(C4CC4)ccc3n2)ccn1. The second kappa shape index (κ2) is 8.09. The lowest BCUT2D eigenvalue weighted by molar-refractivity contribution is -0.116. The number of nitrogens with zero attached hydrogens (tertiary/aromatic N) is 4. The first kappa shape index (κ1) is 19.5. The van der Waals surface area contributed by atoms with Gasteiger partial charge in [0.2, 0.25) is 5.91 Å². The van der Waals surface area contributed by atoms with Gasteiger partial charge in [-0.05, 0) is 54.0 Å². The van der Waals surface area contributed by atoms with Crippen LogP contribution < -0.4 is 10.6 Å². The minimum Gasteiger partial charge on any atom is -0.379 e. The molecule has 0 atom stereocenters. The number of rotatable bonds is 7. The topological polar surface area (TPSA) is 76.2 Å². The van der Waals surface area contributed by atoms with Gasteiger partial charge >= 0.3 is 0 Å². The fourth-order valence-electron chi connectivity index (χ4n) is 4.22. The molecule has 7 nitrogen and oxygen atoms in total. The van der Waals surface area contributed by atoms with Gasteiger partial charge in [-0.15, -0.1) is 0 Å². The highest BCUT2D eigenvalue weighted by atomic mass is 16.2. The van der Waals surface area contributed by atoms with E-state index in [0.717, 1.165) is 33.8 Å². The van der Waals surface area contributed by atoms with E-state index in [0.29, 0.717) is 12.4 Å². The third kappa shape index (κ3) is 4.17. The standard InChI is InChI=1S/C26H24N6O/c33-26(17-31-12-10-19-3-1-2-4-23(19)31)30-24-13-21(9-11-27-24)28-14-22-16-32-15-20(18-5-6-18)7-8-25(32)29-22/h1-4,7-13,15-16,18H,5-6,14,17H2,(H2,27,28,30,33). The Labute approximate surface area is 191 Å². The Balaban J connectivity index is 1.10. The van der Waals surface area contributed by atoms with Gasteiger partial charge in [0, 0.05) is 42.1 Å². The molecular formula is C26H24N6O. The van der Waals surface area contributed by atoms with E-state index in [2.05, 4.69) is 44.5 Å². The van der Waals surface area contributed by atoms with E-state index in [1.807, 2.05) is 53.2 Å². The van der Waals surface area contributed by atoms with Gasteiger partial charge in [-0.3, -0.25) is 4.79 Å². The summed E-state index contributed by atoms with van der Waals surface area (Å²) in [5.74, 6) is 1.12. The first-order valence-corrected chi connectivity index (χ1v) is 11.2. The second-order valence-corrected chi connectivity index (χ2v) is 8.57. The fraction of sp³-hybridized carbons (Fsp3) is 0.192. The molecule has 1 saturated carbocycles. The highest BCUT2D eigenvalue weighted by Gasteiger charge is 2.23. The van der Waals surface area contributed by atoms with Crippen LogP contribution in [0.15, 0.2) is 79.4 Å². The van der Waals surface area contributed by atoms with Gasteiger partial charge in [-0.2, -0.15) is 0 Å². The lowest BCUT2D eigenvalue weighted by Gasteiger charge is -2.09. The maximum atomic E-state index is 12.6. The van der Waals surface area contributed by atoms with Crippen LogP contribution in [-0.4, -0.2) is 24.8 Å². The molecule has 1 aromatic carbocycles. The van der Waals surface area contributed by atoms with Crippen LogP contribution in [0.2, 0.25) is 0 Å². The molecule has 7 heteroatoms. The van der Waals surface area contributed by atoms with Crippen molar-refractivity contribution in [1.29, 1.82) is 0 Å². The third-order valence-electron chi connectivity index (χ3n) is 6.07. The van der Waals surface area contributed by atoms with Crippen LogP contribution in [0.3, 0.4) is 0 Å². The molecule has 6 rings (SSSR count). The van der Waals surface area contributed by atoms with Crippen molar-refractivity contribution >= 4 is 34.0 Å². The van der Waals surface area contributed by atoms with E-state index in [9.17, 15) is 4.79 Å². The summed E-state index contributed by atoms with van der Waals surface area (Å²) in [6.45, 7) is 0.824. The van der Waals surface area contributed by atoms with Gasteiger partial charge in [0.05, 0.1) is 12.2 Å². The number of hydrogen-bond acceptors (Lipinski definition) is 4. The molecule has 1 fully saturated rings. The van der Waals surface area contributed by atoms with Gasteiger partial charge in [0.25, 0.3) is 0 Å². The molecule has 4 aromatic heterocycles. The summed E-state index contributed by atoms with van der Waals surface area (Å²) in [6, 6.07) is 18.0. The smallest absolute Gasteiger partial charge is 0.245 e. The number of hydrogen-bond donors (Lipinski definition) is 2. The third-order valence-corrected chi connectivity index (χ3v) is 6.07. The molecule has 2 N–H and O–H groups in total. The lowest BCUT2D eigenvalue weighted by atomic mass is 10.2. The predicted octanol–water partition coefficient (Wildman–Crippen LogP) is 4.81. The zero-order chi connectivity index (χ0) is 22.2. The molecular weight excluding hydrogens is 412 g/mol. The Morgan fingerprint density at radius 1 is 1.06 bits per heavy atom. The number of carbonyl (C=O) groups is 1. The van der Waals surface area contributed by atoms with Crippen LogP contribution in [-0.2, 0) is 17.9 Å². The van der Waals surface area contributed by atoms with Crippen LogP contribution in [0.4, 0.5) is 11.5 Å². The van der Waals surface area contributed by atoms with E-state index in [1.54, 1.807) is 6.20 Å². The van der Waals surface area contributed by atoms with Crippen molar-refractivity contribution in [2.24, 2.45) is 0 Å². The number of para-hydroxylation sites is 1. The normalized spacial score (nSPS) is 13.5. The van der Waals surface area contributed by atoms with E-state index in [1.165, 1.54) is 18.4 Å². The van der Waals surface area contributed by atoms with Crippen molar-refractivity contribution in [3.63, 3.8) is 0 Å². The molecule has 4 heterocycles. The van der Waals surface area contributed by atoms with E-state index in [-0.39, 0.29) is 12.5 Å². The molecule has 0 radical (unpaired) electrons. The van der Waals surface area contributed by atoms with Crippen LogP contribution in [0, 0.1) is 0 Å². The lowest BCUT2D eigenvalue weighted by Crippen LogP contribution is -2.19. The minimum absolute atomic E-state index is 0.118. The monoisotopic (exact) mass is 436 g/mol. The number of aromatic nitrogens is 4. The summed E-state index contributed by atoms with van der Waals surface area (Å²) in [4.78, 5) is 21.6. The average Bonchev–Trinajstić information content (AvgIpc) is 3.48. The van der Waals surface area contributed by atoms with Gasteiger partial charge < -0.3 is 19.6 Å². The quantitative estimate of drug-likeness (QED) is 0.384. The van der Waals surface area contributed by atoms with Gasteiger partial charge in [0.1, 0.15) is 18.0 Å². The van der Waals surface area contributed by atoms with Crippen molar-refractivity contribution in [2.45, 2.75) is 31.8 Å². The maximum Gasteiger partial charge on any atom is 0.245 e. The predicted molar refractivity (Wildman–Crippen MR) is 129 cm³/mol. The molecule has 5 aromatic rings. The van der Waals surface area contributed by atoms with Crippen molar-refractivity contribution < 1.29 is 4.79 Å². The summed E-state index contributed by atoms with van der Waals surface area (Å²) in [7, 11) is 0. The Morgan fingerprint density at radius 2 is 1.97 bits per heavy atom. The number of imidazole rings is 1. The number of fused-ring (bicyclic) bond motifs is 2. The number of benzene rings is 1. The summed E-state index contributed by atoms with van der Waals surface area (Å²) < 4.78 is 4.04. The van der Waals surface area contributed by atoms with Gasteiger partial charge in [0.15, 0.2) is 0 Å². The van der Waals surface area contributed by atoms with Crippen LogP contribution in [0.1, 0.15) is 30.0 Å². The minimum atomic E-state index is -0.118. The first-order chi connectivity index (χ1) is 16.2. The summed E-state index contributed by atoms with van der Waals surface area (Å²) >= 11 is 0. The molecule has 0 aliphatic heterocycles. The van der Waals surface area contributed by atoms with Crippen LogP contribution in [0.25, 0.3) is 16.6 Å². The number of pyridine rings is 2. The number of anilines is 2. The molecule has 1 aliphatic carbocycles. The molecule has 0 spiro atoms. The molecule has 164 valence electrons. The molecule has 1 amide bonds. The highest BCUT2D eigenvalue weighted by molar-refractivity contribution is 5.91. The molecule has 0 unspecified atom stereocenters. The van der Waals surface area contributed by atoms with E-state index in [4.69, 9.17) is 4.98 Å². The zero-order valence-corrected chi connectivity index (χ0v) is 18.1. The largest absolute Gasteiger partial charge is 0.379 e. The molecule has 0 bridgehead atoms. The van der Waals surface area contributed by atoms with Crippen molar-refractivity contribution in [1.82, 2.24) is 18.9 Å². The fourth-order valence-corrected chi connectivity index (χ4v) is 4.22. The Bertz CT molecular complexity index is 1460. The van der Waals surface area contributed by atoms with Crippen molar-refractivity contribution in [2.75, 3.05) is 10.6 Å². The van der Waals surface area contributed by atoms with Crippen molar-refractivity contribution in [3.05, 3.63) is 90.6 Å². The molecule has 33 heavy (non-hydrogen) atoms. The number of carbonyl (C=O) groups excluding carboxylic acids is 1. The molecule has 0 saturated heterocycles. The second-order valence-electron chi connectivity index (χ2n) is 8.57. The van der Waals surface area contributed by atoms with E-state index >= 15 is 0 Å². The highest BCUT2D eigenvalue weighted by Crippen LogP contribution is 2.39. The Morgan fingerprint density at radius 3 is 2.88 bits per heavy atom. The Kier molecular flexibility index (Phi) is 4.79. The zero-order valence-electron chi connectivity index (χ0n) is 18.1. The van der Waals surface area contributed by atoms with Crippen LogP contribution in [0.5, 0.6) is 0 Å². The van der Waals surface area contributed by atoms with Gasteiger partial charge in [-0.1, -0.05) is 24.3 Å². The summed E-state index contributed by atoms with van der Waals surface area (Å²) in [6.07, 6.45) is 10.5. The number of amides is 1. The van der Waals surface area contributed by atoms with Crippen molar-refractivity contribution in [3.8, 4) is 0 Å². The maximum absolute atomic E-state index is 12.6. The van der Waals surface area contributed by atoms with Crippen LogP contribution >= 0.6 is 0 Å². The first-order valence-electron chi connectivity index (χ1n) is 11.2. The van der Waals surface area contributed by atoms with Gasteiger partial charge in [-0.25, -0.2) is 9.97 Å². The summed E-state index contributed by atoms with van der Waals surface area (Å²) in [5, 5.41) is 7.40. The summed E-state index contributed by atoms with van der Waals surface area (Å²) in [5.41, 5.74) is 5.22. The Hall–Kier alpha value is -4.13. The number of nitrogens with one attached hydrogen (secondary N) is 2.